The summed E-state index contributed by atoms with van der Waals surface area (Å²) in [6, 6.07) is 15.3. The van der Waals surface area contributed by atoms with Crippen molar-refractivity contribution < 1.29 is 19.5 Å². The molecule has 3 N–H and O–H groups in total. The van der Waals surface area contributed by atoms with E-state index in [9.17, 15) is 14.8 Å². The highest BCUT2D eigenvalue weighted by molar-refractivity contribution is 6.02. The van der Waals surface area contributed by atoms with Gasteiger partial charge in [0, 0.05) is 35.4 Å². The maximum absolute atomic E-state index is 13.6. The number of hydroxylamine groups is 1. The number of benzene rings is 2. The van der Waals surface area contributed by atoms with Gasteiger partial charge in [0.25, 0.3) is 0 Å². The summed E-state index contributed by atoms with van der Waals surface area (Å²) in [5, 5.41) is 13.8. The van der Waals surface area contributed by atoms with Gasteiger partial charge in [0.15, 0.2) is 0 Å². The topological polar surface area (TPSA) is 104 Å². The molecule has 3 aliphatic rings. The molecule has 1 saturated heterocycles. The summed E-state index contributed by atoms with van der Waals surface area (Å²) in [5.41, 5.74) is 6.74. The second-order valence-corrected chi connectivity index (χ2v) is 10.9. The number of rotatable bonds is 5. The average molecular weight is 501 g/mol. The Morgan fingerprint density at radius 2 is 2.03 bits per heavy atom. The summed E-state index contributed by atoms with van der Waals surface area (Å²) >= 11 is 0. The van der Waals surface area contributed by atoms with E-state index in [0.29, 0.717) is 25.5 Å². The molecule has 3 aromatic rings. The highest BCUT2D eigenvalue weighted by Gasteiger charge is 2.57. The maximum atomic E-state index is 13.6. The van der Waals surface area contributed by atoms with E-state index in [2.05, 4.69) is 29.4 Å². The monoisotopic (exact) mass is 500 g/mol. The molecule has 3 heterocycles. The van der Waals surface area contributed by atoms with Crippen molar-refractivity contribution in [3.05, 3.63) is 65.4 Å². The Bertz CT molecular complexity index is 1390. The Balaban J connectivity index is 1.18. The van der Waals surface area contributed by atoms with Gasteiger partial charge in [-0.25, -0.2) is 5.48 Å². The first kappa shape index (κ1) is 23.9. The van der Waals surface area contributed by atoms with Gasteiger partial charge >= 0.3 is 0 Å². The number of piperidine rings is 1. The van der Waals surface area contributed by atoms with Crippen molar-refractivity contribution in [3.8, 4) is 5.75 Å². The van der Waals surface area contributed by atoms with Gasteiger partial charge in [-0.2, -0.15) is 0 Å². The Labute approximate surface area is 216 Å². The number of carbonyl (C=O) groups is 2. The summed E-state index contributed by atoms with van der Waals surface area (Å²) in [6.07, 6.45) is 2.38. The van der Waals surface area contributed by atoms with E-state index < -0.39 is 17.9 Å². The lowest BCUT2D eigenvalue weighted by atomic mass is 9.80. The first-order valence-corrected chi connectivity index (χ1v) is 13.0. The van der Waals surface area contributed by atoms with Crippen molar-refractivity contribution in [1.29, 1.82) is 0 Å². The van der Waals surface area contributed by atoms with E-state index in [1.165, 1.54) is 0 Å². The molecular weight excluding hydrogens is 468 g/mol. The van der Waals surface area contributed by atoms with Gasteiger partial charge in [-0.15, -0.1) is 0 Å². The van der Waals surface area contributed by atoms with Gasteiger partial charge in [-0.1, -0.05) is 25.1 Å². The maximum Gasteiger partial charge on any atom is 0.248 e. The average Bonchev–Trinajstić information content (AvgIpc) is 3.32. The van der Waals surface area contributed by atoms with E-state index in [-0.39, 0.29) is 11.3 Å². The molecule has 1 saturated carbocycles. The first-order valence-electron chi connectivity index (χ1n) is 13.0. The van der Waals surface area contributed by atoms with Crippen molar-refractivity contribution >= 4 is 28.4 Å². The smallest absolute Gasteiger partial charge is 0.248 e. The number of hydrogen-bond acceptors (Lipinski definition) is 6. The van der Waals surface area contributed by atoms with E-state index in [1.54, 1.807) is 10.4 Å². The normalized spacial score (nSPS) is 26.2. The van der Waals surface area contributed by atoms with Crippen LogP contribution in [0.1, 0.15) is 36.6 Å². The number of amides is 2. The molecule has 2 aliphatic heterocycles. The van der Waals surface area contributed by atoms with Crippen LogP contribution in [0.5, 0.6) is 5.75 Å². The van der Waals surface area contributed by atoms with E-state index in [0.717, 1.165) is 58.5 Å². The number of aryl methyl sites for hydroxylation is 1. The number of para-hydroxylation sites is 1. The summed E-state index contributed by atoms with van der Waals surface area (Å²) in [6.45, 7) is 5.86. The second-order valence-electron chi connectivity index (χ2n) is 10.9. The fourth-order valence-corrected chi connectivity index (χ4v) is 6.29. The number of carbonyl (C=O) groups excluding carboxylic acids is 2. The van der Waals surface area contributed by atoms with Crippen LogP contribution < -0.4 is 20.4 Å². The van der Waals surface area contributed by atoms with Gasteiger partial charge in [-0.3, -0.25) is 19.8 Å². The highest BCUT2D eigenvalue weighted by Crippen LogP contribution is 2.58. The molecule has 4 unspecified atom stereocenters. The molecule has 1 aliphatic carbocycles. The predicted molar refractivity (Wildman–Crippen MR) is 139 cm³/mol. The summed E-state index contributed by atoms with van der Waals surface area (Å²) in [4.78, 5) is 32.5. The van der Waals surface area contributed by atoms with E-state index in [4.69, 9.17) is 4.74 Å². The van der Waals surface area contributed by atoms with Crippen LogP contribution in [0.3, 0.4) is 0 Å². The molecular formula is C29H32N4O4. The predicted octanol–water partition coefficient (Wildman–Crippen LogP) is 3.52. The fourth-order valence-electron chi connectivity index (χ4n) is 6.29. The molecule has 192 valence electrons. The largest absolute Gasteiger partial charge is 0.489 e. The van der Waals surface area contributed by atoms with Gasteiger partial charge in [0.1, 0.15) is 12.4 Å². The van der Waals surface area contributed by atoms with Crippen molar-refractivity contribution in [3.63, 3.8) is 0 Å². The highest BCUT2D eigenvalue weighted by atomic mass is 16.5. The van der Waals surface area contributed by atoms with Crippen molar-refractivity contribution in [1.82, 2.24) is 15.8 Å². The summed E-state index contributed by atoms with van der Waals surface area (Å²) < 4.78 is 6.17. The molecule has 8 nitrogen and oxygen atoms in total. The molecule has 37 heavy (non-hydrogen) atoms. The van der Waals surface area contributed by atoms with Crippen LogP contribution in [0.4, 0.5) is 5.69 Å². The van der Waals surface area contributed by atoms with Crippen LogP contribution in [0, 0.1) is 24.2 Å². The van der Waals surface area contributed by atoms with Crippen LogP contribution in [-0.4, -0.2) is 41.1 Å². The molecule has 1 aromatic heterocycles. The third-order valence-corrected chi connectivity index (χ3v) is 8.55. The van der Waals surface area contributed by atoms with Crippen molar-refractivity contribution in [2.24, 2.45) is 17.3 Å². The van der Waals surface area contributed by atoms with Crippen molar-refractivity contribution in [2.75, 3.05) is 18.0 Å². The van der Waals surface area contributed by atoms with Crippen LogP contribution in [0.2, 0.25) is 0 Å². The number of pyridine rings is 1. The Kier molecular flexibility index (Phi) is 5.88. The Morgan fingerprint density at radius 1 is 1.22 bits per heavy atom. The quantitative estimate of drug-likeness (QED) is 0.366. The summed E-state index contributed by atoms with van der Waals surface area (Å²) in [5.74, 6) is 0.0603. The molecule has 6 rings (SSSR count). The standard InChI is InChI=1S/C29H32N4O4/c1-17-13-29(17)14-23(27(34)32-36)26(30-16-29)28(35)33-10-9-19-12-21(7-8-25(19)33)37-15-20-11-18(2)31-24-6-4-3-5-22(20)24/h3-8,11-12,17,23,26,30,36H,9-10,13-16H2,1-2H3,(H,32,34). The van der Waals surface area contributed by atoms with E-state index >= 15 is 0 Å². The number of hydrogen-bond donors (Lipinski definition) is 3. The zero-order valence-electron chi connectivity index (χ0n) is 21.2. The lowest BCUT2D eigenvalue weighted by molar-refractivity contribution is -0.140. The Hall–Kier alpha value is -3.49. The number of nitrogens with zero attached hydrogens (tertiary/aromatic N) is 2. The third kappa shape index (κ3) is 4.24. The number of anilines is 1. The third-order valence-electron chi connectivity index (χ3n) is 8.55. The zero-order valence-corrected chi connectivity index (χ0v) is 21.2. The Morgan fingerprint density at radius 3 is 2.81 bits per heavy atom. The van der Waals surface area contributed by atoms with E-state index in [1.807, 2.05) is 43.3 Å². The number of aromatic nitrogens is 1. The van der Waals surface area contributed by atoms with Crippen LogP contribution in [0.25, 0.3) is 10.9 Å². The van der Waals surface area contributed by atoms with Gasteiger partial charge in [-0.05, 0) is 73.4 Å². The molecule has 2 aromatic carbocycles. The fraction of sp³-hybridized carbons (Fsp3) is 0.414. The minimum atomic E-state index is -0.657. The molecule has 0 radical (unpaired) electrons. The van der Waals surface area contributed by atoms with Crippen LogP contribution >= 0.6 is 0 Å². The SMILES string of the molecule is Cc1cc(COc2ccc3c(c2)CCN3C(=O)C2NCC3(CC2C(=O)NO)CC3C)c2ccccc2n1. The van der Waals surface area contributed by atoms with Crippen LogP contribution in [0.15, 0.2) is 48.5 Å². The molecule has 1 spiro atoms. The zero-order chi connectivity index (χ0) is 25.7. The second kappa shape index (κ2) is 9.11. The van der Waals surface area contributed by atoms with Gasteiger partial charge in [0.2, 0.25) is 11.8 Å². The summed E-state index contributed by atoms with van der Waals surface area (Å²) in [7, 11) is 0. The van der Waals surface area contributed by atoms with Gasteiger partial charge < -0.3 is 15.0 Å². The number of fused-ring (bicyclic) bond motifs is 2. The minimum Gasteiger partial charge on any atom is -0.489 e. The number of ether oxygens (including phenoxy) is 1. The lowest BCUT2D eigenvalue weighted by Gasteiger charge is -2.37. The molecule has 8 heteroatoms. The van der Waals surface area contributed by atoms with Gasteiger partial charge in [0.05, 0.1) is 17.5 Å². The molecule has 4 atom stereocenters. The minimum absolute atomic E-state index is 0.0573. The lowest BCUT2D eigenvalue weighted by Crippen LogP contribution is -2.59. The van der Waals surface area contributed by atoms with Crippen molar-refractivity contribution in [2.45, 2.75) is 45.8 Å². The van der Waals surface area contributed by atoms with Crippen LogP contribution in [-0.2, 0) is 22.6 Å². The molecule has 2 fully saturated rings. The number of nitrogens with one attached hydrogen (secondary N) is 2. The molecule has 2 amide bonds. The first-order chi connectivity index (χ1) is 17.9. The molecule has 0 bridgehead atoms.